The van der Waals surface area contributed by atoms with Gasteiger partial charge in [0.05, 0.1) is 0 Å². The van der Waals surface area contributed by atoms with Crippen LogP contribution in [-0.2, 0) is 0 Å². The molecule has 0 saturated carbocycles. The third-order valence-corrected chi connectivity index (χ3v) is 3.63. The van der Waals surface area contributed by atoms with Crippen LogP contribution in [0.2, 0.25) is 0 Å². The van der Waals surface area contributed by atoms with E-state index in [0.717, 1.165) is 25.1 Å². The largest absolute Gasteiger partial charge is 0.366 e. The predicted octanol–water partition coefficient (Wildman–Crippen LogP) is 1.70. The Kier molecular flexibility index (Phi) is 4.00. The van der Waals surface area contributed by atoms with Gasteiger partial charge in [0.15, 0.2) is 5.78 Å². The highest BCUT2D eigenvalue weighted by Crippen LogP contribution is 2.30. The number of benzene rings is 1. The monoisotopic (exact) mass is 260 g/mol. The average Bonchev–Trinajstić information content (AvgIpc) is 2.90. The number of ketones is 1. The van der Waals surface area contributed by atoms with Crippen LogP contribution >= 0.6 is 0 Å². The van der Waals surface area contributed by atoms with Crippen LogP contribution in [0.25, 0.3) is 0 Å². The molecule has 102 valence electrons. The minimum atomic E-state index is -0.458. The van der Waals surface area contributed by atoms with Gasteiger partial charge in [-0.15, -0.1) is 0 Å². The van der Waals surface area contributed by atoms with Gasteiger partial charge in [-0.25, -0.2) is 0 Å². The number of primary amides is 1. The minimum Gasteiger partial charge on any atom is -0.366 e. The topological polar surface area (TPSA) is 72.2 Å². The highest BCUT2D eigenvalue weighted by atomic mass is 16.1. The normalized spacial score (nSPS) is 18.8. The fraction of sp³-hybridized carbons (Fsp3) is 0.467. The Morgan fingerprint density at radius 3 is 2.53 bits per heavy atom. The lowest BCUT2D eigenvalue weighted by atomic mass is 9.85. The number of Topliss-reactive ketones (excluding diaryl/α,β-unsaturated/α-hetero) is 1. The zero-order valence-electron chi connectivity index (χ0n) is 11.4. The Hall–Kier alpha value is -1.68. The summed E-state index contributed by atoms with van der Waals surface area (Å²) in [7, 11) is 0. The van der Waals surface area contributed by atoms with E-state index in [-0.39, 0.29) is 17.6 Å². The average molecular weight is 260 g/mol. The van der Waals surface area contributed by atoms with Crippen molar-refractivity contribution in [3.05, 3.63) is 34.9 Å². The maximum atomic E-state index is 12.3. The summed E-state index contributed by atoms with van der Waals surface area (Å²) in [5.74, 6) is -0.275. The second-order valence-electron chi connectivity index (χ2n) is 5.34. The highest BCUT2D eigenvalue weighted by Gasteiger charge is 2.27. The Bertz CT molecular complexity index is 503. The summed E-state index contributed by atoms with van der Waals surface area (Å²) < 4.78 is 0. The SMILES string of the molecule is CC(C)C(=O)c1cccc(C(N)=O)c1C1CCNC1. The number of carbonyl (C=O) groups excluding carboxylic acids is 2. The second-order valence-corrected chi connectivity index (χ2v) is 5.34. The molecule has 2 rings (SSSR count). The minimum absolute atomic E-state index is 0.0741. The van der Waals surface area contributed by atoms with Crippen molar-refractivity contribution in [3.8, 4) is 0 Å². The molecule has 4 heteroatoms. The van der Waals surface area contributed by atoms with Crippen LogP contribution in [-0.4, -0.2) is 24.8 Å². The zero-order valence-corrected chi connectivity index (χ0v) is 11.4. The molecule has 0 bridgehead atoms. The van der Waals surface area contributed by atoms with Crippen molar-refractivity contribution in [1.29, 1.82) is 0 Å². The van der Waals surface area contributed by atoms with Gasteiger partial charge in [-0.1, -0.05) is 26.0 Å². The molecule has 19 heavy (non-hydrogen) atoms. The molecule has 1 aromatic rings. The van der Waals surface area contributed by atoms with Crippen molar-refractivity contribution in [2.75, 3.05) is 13.1 Å². The first-order chi connectivity index (χ1) is 9.02. The van der Waals surface area contributed by atoms with Gasteiger partial charge in [-0.05, 0) is 30.5 Å². The summed E-state index contributed by atoms with van der Waals surface area (Å²) in [6.45, 7) is 5.45. The molecule has 0 aromatic heterocycles. The molecular weight excluding hydrogens is 240 g/mol. The first kappa shape index (κ1) is 13.7. The third-order valence-electron chi connectivity index (χ3n) is 3.63. The molecule has 1 unspecified atom stereocenters. The first-order valence-electron chi connectivity index (χ1n) is 6.70. The number of hydrogen-bond donors (Lipinski definition) is 2. The first-order valence-corrected chi connectivity index (χ1v) is 6.70. The molecule has 0 spiro atoms. The molecule has 3 N–H and O–H groups in total. The predicted molar refractivity (Wildman–Crippen MR) is 74.4 cm³/mol. The smallest absolute Gasteiger partial charge is 0.249 e. The molecule has 1 aromatic carbocycles. The van der Waals surface area contributed by atoms with Gasteiger partial charge in [0.1, 0.15) is 0 Å². The van der Waals surface area contributed by atoms with E-state index >= 15 is 0 Å². The summed E-state index contributed by atoms with van der Waals surface area (Å²) >= 11 is 0. The molecular formula is C15H20N2O2. The van der Waals surface area contributed by atoms with Crippen LogP contribution in [0.1, 0.15) is 52.5 Å². The summed E-state index contributed by atoms with van der Waals surface area (Å²) in [5.41, 5.74) is 7.43. The highest BCUT2D eigenvalue weighted by molar-refractivity contribution is 6.03. The Morgan fingerprint density at radius 1 is 1.32 bits per heavy atom. The van der Waals surface area contributed by atoms with E-state index in [1.54, 1.807) is 12.1 Å². The summed E-state index contributed by atoms with van der Waals surface area (Å²) in [6, 6.07) is 5.26. The van der Waals surface area contributed by atoms with Crippen molar-refractivity contribution in [2.24, 2.45) is 11.7 Å². The van der Waals surface area contributed by atoms with E-state index in [1.807, 2.05) is 19.9 Å². The van der Waals surface area contributed by atoms with Gasteiger partial charge in [0.25, 0.3) is 0 Å². The van der Waals surface area contributed by atoms with Crippen molar-refractivity contribution < 1.29 is 9.59 Å². The third kappa shape index (κ3) is 2.68. The van der Waals surface area contributed by atoms with Crippen LogP contribution in [0.5, 0.6) is 0 Å². The summed E-state index contributed by atoms with van der Waals surface area (Å²) in [5, 5.41) is 3.27. The van der Waals surface area contributed by atoms with Crippen LogP contribution in [0, 0.1) is 5.92 Å². The Balaban J connectivity index is 2.56. The number of nitrogens with two attached hydrogens (primary N) is 1. The lowest BCUT2D eigenvalue weighted by Crippen LogP contribution is -2.21. The van der Waals surface area contributed by atoms with Crippen LogP contribution < -0.4 is 11.1 Å². The molecule has 0 radical (unpaired) electrons. The molecule has 1 heterocycles. The molecule has 1 atom stereocenters. The molecule has 1 saturated heterocycles. The maximum absolute atomic E-state index is 12.3. The van der Waals surface area contributed by atoms with Crippen molar-refractivity contribution in [3.63, 3.8) is 0 Å². The number of rotatable bonds is 4. The zero-order chi connectivity index (χ0) is 14.0. The van der Waals surface area contributed by atoms with E-state index < -0.39 is 5.91 Å². The number of carbonyl (C=O) groups is 2. The lowest BCUT2D eigenvalue weighted by Gasteiger charge is -2.18. The van der Waals surface area contributed by atoms with Crippen LogP contribution in [0.3, 0.4) is 0 Å². The second kappa shape index (κ2) is 5.53. The van der Waals surface area contributed by atoms with Gasteiger partial charge in [-0.2, -0.15) is 0 Å². The van der Waals surface area contributed by atoms with E-state index in [4.69, 9.17) is 5.73 Å². The molecule has 4 nitrogen and oxygen atoms in total. The van der Waals surface area contributed by atoms with Gasteiger partial charge >= 0.3 is 0 Å². The van der Waals surface area contributed by atoms with E-state index in [2.05, 4.69) is 5.32 Å². The lowest BCUT2D eigenvalue weighted by molar-refractivity contribution is 0.0938. The van der Waals surface area contributed by atoms with E-state index in [9.17, 15) is 9.59 Å². The van der Waals surface area contributed by atoms with Crippen LogP contribution in [0.4, 0.5) is 0 Å². The quantitative estimate of drug-likeness (QED) is 0.809. The van der Waals surface area contributed by atoms with Crippen molar-refractivity contribution in [1.82, 2.24) is 5.32 Å². The summed E-state index contributed by atoms with van der Waals surface area (Å²) in [6.07, 6.45) is 0.933. The Morgan fingerprint density at radius 2 is 2.00 bits per heavy atom. The molecule has 1 aliphatic rings. The molecule has 1 aliphatic heterocycles. The fourth-order valence-electron chi connectivity index (χ4n) is 2.65. The van der Waals surface area contributed by atoms with Gasteiger partial charge in [0.2, 0.25) is 5.91 Å². The number of amides is 1. The Labute approximate surface area is 113 Å². The standard InChI is InChI=1S/C15H20N2O2/c1-9(2)14(18)11-4-3-5-12(15(16)19)13(11)10-6-7-17-8-10/h3-5,9-10,17H,6-8H2,1-2H3,(H2,16,19). The number of nitrogens with one attached hydrogen (secondary N) is 1. The molecule has 0 aliphatic carbocycles. The van der Waals surface area contributed by atoms with Gasteiger partial charge in [0, 0.05) is 23.6 Å². The van der Waals surface area contributed by atoms with Crippen molar-refractivity contribution in [2.45, 2.75) is 26.2 Å². The molecule has 1 amide bonds. The van der Waals surface area contributed by atoms with Gasteiger partial charge in [-0.3, -0.25) is 9.59 Å². The van der Waals surface area contributed by atoms with Gasteiger partial charge < -0.3 is 11.1 Å². The van der Waals surface area contributed by atoms with E-state index in [0.29, 0.717) is 11.1 Å². The van der Waals surface area contributed by atoms with Crippen LogP contribution in [0.15, 0.2) is 18.2 Å². The summed E-state index contributed by atoms with van der Waals surface area (Å²) in [4.78, 5) is 23.9. The van der Waals surface area contributed by atoms with Crippen molar-refractivity contribution >= 4 is 11.7 Å². The maximum Gasteiger partial charge on any atom is 0.249 e. The number of hydrogen-bond acceptors (Lipinski definition) is 3. The fourth-order valence-corrected chi connectivity index (χ4v) is 2.65. The molecule has 1 fully saturated rings. The van der Waals surface area contributed by atoms with E-state index in [1.165, 1.54) is 0 Å².